The molecule has 5 heteroatoms. The fourth-order valence-corrected chi connectivity index (χ4v) is 1.30. The van der Waals surface area contributed by atoms with E-state index < -0.39 is 23.3 Å². The first kappa shape index (κ1) is 8.83. The number of rotatable bonds is 1. The second kappa shape index (κ2) is 2.66. The van der Waals surface area contributed by atoms with Crippen LogP contribution in [0.25, 0.3) is 0 Å². The Morgan fingerprint density at radius 1 is 1.64 bits per heavy atom. The Kier molecular flexibility index (Phi) is 2.13. The van der Waals surface area contributed by atoms with Crippen LogP contribution < -0.4 is 0 Å². The molecule has 64 valence electrons. The van der Waals surface area contributed by atoms with Gasteiger partial charge in [0.1, 0.15) is 0 Å². The maximum Gasteiger partial charge on any atom is 0.335 e. The van der Waals surface area contributed by atoms with Gasteiger partial charge in [0, 0.05) is 0 Å². The van der Waals surface area contributed by atoms with Crippen molar-refractivity contribution in [1.29, 1.82) is 0 Å². The van der Waals surface area contributed by atoms with Crippen molar-refractivity contribution in [3.05, 3.63) is 0 Å². The molecular weight excluding hydrogens is 168 g/mol. The fourth-order valence-electron chi connectivity index (χ4n) is 1.02. The van der Waals surface area contributed by atoms with E-state index in [1.807, 2.05) is 0 Å². The molecule has 1 fully saturated rings. The Morgan fingerprint density at radius 3 is 2.36 bits per heavy atom. The SMILES string of the molecule is C[C@@H]1OC(C)(S)O[C@H]1C(=O)O. The largest absolute Gasteiger partial charge is 0.479 e. The van der Waals surface area contributed by atoms with Gasteiger partial charge in [-0.25, -0.2) is 4.79 Å². The van der Waals surface area contributed by atoms with Gasteiger partial charge in [0.05, 0.1) is 6.10 Å². The lowest BCUT2D eigenvalue weighted by Crippen LogP contribution is -2.29. The lowest BCUT2D eigenvalue weighted by molar-refractivity contribution is -0.152. The van der Waals surface area contributed by atoms with Crippen LogP contribution in [0.1, 0.15) is 13.8 Å². The summed E-state index contributed by atoms with van der Waals surface area (Å²) in [6, 6.07) is 0. The molecule has 4 nitrogen and oxygen atoms in total. The van der Waals surface area contributed by atoms with Gasteiger partial charge in [0.2, 0.25) is 5.12 Å². The lowest BCUT2D eigenvalue weighted by atomic mass is 10.2. The highest BCUT2D eigenvalue weighted by Gasteiger charge is 2.43. The highest BCUT2D eigenvalue weighted by atomic mass is 32.1. The molecule has 0 aromatic heterocycles. The maximum atomic E-state index is 10.5. The van der Waals surface area contributed by atoms with Crippen molar-refractivity contribution in [2.45, 2.75) is 31.2 Å². The molecule has 0 amide bonds. The lowest BCUT2D eigenvalue weighted by Gasteiger charge is -2.14. The van der Waals surface area contributed by atoms with Crippen LogP contribution in [0.5, 0.6) is 0 Å². The predicted octanol–water partition coefficient (Wildman–Crippen LogP) is 0.478. The number of hydrogen-bond donors (Lipinski definition) is 2. The molecule has 0 radical (unpaired) electrons. The quantitative estimate of drug-likeness (QED) is 0.573. The average Bonchev–Trinajstić information content (AvgIpc) is 2.05. The van der Waals surface area contributed by atoms with E-state index in [2.05, 4.69) is 12.6 Å². The normalized spacial score (nSPS) is 44.3. The van der Waals surface area contributed by atoms with E-state index in [9.17, 15) is 4.79 Å². The second-order valence-corrected chi connectivity index (χ2v) is 3.41. The van der Waals surface area contributed by atoms with Crippen LogP contribution >= 0.6 is 12.6 Å². The van der Waals surface area contributed by atoms with Gasteiger partial charge >= 0.3 is 5.97 Å². The van der Waals surface area contributed by atoms with Crippen molar-refractivity contribution in [2.24, 2.45) is 0 Å². The molecule has 0 aliphatic carbocycles. The summed E-state index contributed by atoms with van der Waals surface area (Å²) in [5.74, 6) is -1.02. The Balaban J connectivity index is 2.66. The van der Waals surface area contributed by atoms with Gasteiger partial charge < -0.3 is 14.6 Å². The summed E-state index contributed by atoms with van der Waals surface area (Å²) < 4.78 is 10.0. The van der Waals surface area contributed by atoms with Gasteiger partial charge in [-0.2, -0.15) is 0 Å². The standard InChI is InChI=1S/C6H10O4S/c1-3-4(5(7)8)10-6(2,11)9-3/h3-4,11H,1-2H3,(H,7,8)/t3-,4+,6?/m0/s1. The van der Waals surface area contributed by atoms with Crippen molar-refractivity contribution >= 4 is 18.6 Å². The molecule has 3 atom stereocenters. The first-order valence-electron chi connectivity index (χ1n) is 3.23. The number of aliphatic carboxylic acids is 1. The van der Waals surface area contributed by atoms with E-state index in [-0.39, 0.29) is 0 Å². The summed E-state index contributed by atoms with van der Waals surface area (Å²) in [6.45, 7) is 3.20. The van der Waals surface area contributed by atoms with Crippen LogP contribution in [0.4, 0.5) is 0 Å². The Morgan fingerprint density at radius 2 is 2.18 bits per heavy atom. The van der Waals surface area contributed by atoms with Gasteiger partial charge in [-0.3, -0.25) is 0 Å². The Labute approximate surface area is 69.9 Å². The molecule has 0 spiro atoms. The molecule has 1 aliphatic heterocycles. The number of carbonyl (C=O) groups is 1. The maximum absolute atomic E-state index is 10.5. The number of carboxylic acids is 1. The highest BCUT2D eigenvalue weighted by molar-refractivity contribution is 7.81. The van der Waals surface area contributed by atoms with E-state index >= 15 is 0 Å². The van der Waals surface area contributed by atoms with E-state index in [0.29, 0.717) is 0 Å². The molecule has 1 aliphatic rings. The van der Waals surface area contributed by atoms with E-state index in [4.69, 9.17) is 14.6 Å². The smallest absolute Gasteiger partial charge is 0.335 e. The summed E-state index contributed by atoms with van der Waals surface area (Å²) in [6.07, 6.45) is -1.35. The molecule has 1 saturated heterocycles. The highest BCUT2D eigenvalue weighted by Crippen LogP contribution is 2.31. The van der Waals surface area contributed by atoms with Crippen molar-refractivity contribution in [1.82, 2.24) is 0 Å². The van der Waals surface area contributed by atoms with E-state index in [1.54, 1.807) is 13.8 Å². The molecule has 1 rings (SSSR count). The van der Waals surface area contributed by atoms with Crippen LogP contribution in [0.15, 0.2) is 0 Å². The molecule has 1 heterocycles. The van der Waals surface area contributed by atoms with Gasteiger partial charge in [-0.05, 0) is 13.8 Å². The minimum atomic E-state index is -1.07. The third-order valence-corrected chi connectivity index (χ3v) is 1.63. The van der Waals surface area contributed by atoms with Crippen LogP contribution in [-0.2, 0) is 14.3 Å². The van der Waals surface area contributed by atoms with Crippen LogP contribution in [-0.4, -0.2) is 28.4 Å². The molecule has 0 bridgehead atoms. The molecule has 0 aromatic carbocycles. The molecule has 0 aromatic rings. The van der Waals surface area contributed by atoms with Crippen LogP contribution in [0, 0.1) is 0 Å². The summed E-state index contributed by atoms with van der Waals surface area (Å²) in [5.41, 5.74) is 0. The molecular formula is C6H10O4S. The van der Waals surface area contributed by atoms with Crippen molar-refractivity contribution in [3.63, 3.8) is 0 Å². The first-order chi connectivity index (χ1) is 4.92. The minimum absolute atomic E-state index is 0.449. The number of ether oxygens (including phenoxy) is 2. The summed E-state index contributed by atoms with van der Waals surface area (Å²) in [5, 5.41) is 7.51. The van der Waals surface area contributed by atoms with Crippen molar-refractivity contribution in [2.75, 3.05) is 0 Å². The number of thiol groups is 1. The third kappa shape index (κ3) is 1.85. The molecule has 1 unspecified atom stereocenters. The van der Waals surface area contributed by atoms with Crippen molar-refractivity contribution < 1.29 is 19.4 Å². The average molecular weight is 178 g/mol. The molecule has 11 heavy (non-hydrogen) atoms. The monoisotopic (exact) mass is 178 g/mol. The summed E-state index contributed by atoms with van der Waals surface area (Å²) in [7, 11) is 0. The topological polar surface area (TPSA) is 55.8 Å². The Hall–Kier alpha value is -0.260. The van der Waals surface area contributed by atoms with Crippen molar-refractivity contribution in [3.8, 4) is 0 Å². The number of hydrogen-bond acceptors (Lipinski definition) is 4. The molecule has 0 saturated carbocycles. The molecule has 1 N–H and O–H groups in total. The van der Waals surface area contributed by atoms with Gasteiger partial charge in [-0.1, -0.05) is 0 Å². The Bertz CT molecular complexity index is 179. The van der Waals surface area contributed by atoms with Crippen LogP contribution in [0.2, 0.25) is 0 Å². The van der Waals surface area contributed by atoms with Crippen LogP contribution in [0.3, 0.4) is 0 Å². The van der Waals surface area contributed by atoms with Gasteiger partial charge in [-0.15, -0.1) is 12.6 Å². The van der Waals surface area contributed by atoms with Gasteiger partial charge in [0.25, 0.3) is 0 Å². The minimum Gasteiger partial charge on any atom is -0.479 e. The number of carboxylic acid groups (broad SMARTS) is 1. The van der Waals surface area contributed by atoms with E-state index in [1.165, 1.54) is 0 Å². The van der Waals surface area contributed by atoms with Gasteiger partial charge in [0.15, 0.2) is 6.10 Å². The zero-order chi connectivity index (χ0) is 8.65. The summed E-state index contributed by atoms with van der Waals surface area (Å²) in [4.78, 5) is 10.5. The zero-order valence-electron chi connectivity index (χ0n) is 6.27. The zero-order valence-corrected chi connectivity index (χ0v) is 7.17. The van der Waals surface area contributed by atoms with E-state index in [0.717, 1.165) is 0 Å². The fraction of sp³-hybridized carbons (Fsp3) is 0.833. The first-order valence-corrected chi connectivity index (χ1v) is 3.68. The third-order valence-electron chi connectivity index (χ3n) is 1.42. The summed E-state index contributed by atoms with van der Waals surface area (Å²) >= 11 is 3.95. The predicted molar refractivity (Wildman–Crippen MR) is 40.4 cm³/mol. The second-order valence-electron chi connectivity index (χ2n) is 2.60.